The summed E-state index contributed by atoms with van der Waals surface area (Å²) in [6.45, 7) is 1.79. The van der Waals surface area contributed by atoms with Crippen LogP contribution in [0.15, 0.2) is 9.59 Å². The normalized spacial score (nSPS) is 10.2. The van der Waals surface area contributed by atoms with Crippen molar-refractivity contribution in [2.24, 2.45) is 0 Å². The number of hydrogen-bond donors (Lipinski definition) is 3. The molecule has 0 aliphatic rings. The molecule has 1 rings (SSSR count). The number of aliphatic carboxylic acids is 1. The van der Waals surface area contributed by atoms with Gasteiger partial charge >= 0.3 is 11.7 Å². The van der Waals surface area contributed by atoms with E-state index in [1.54, 1.807) is 6.92 Å². The predicted molar refractivity (Wildman–Crippen MR) is 53.0 cm³/mol. The van der Waals surface area contributed by atoms with Crippen LogP contribution in [0.25, 0.3) is 0 Å². The van der Waals surface area contributed by atoms with Crippen LogP contribution in [0.1, 0.15) is 24.6 Å². The first-order valence-corrected chi connectivity index (χ1v) is 4.60. The van der Waals surface area contributed by atoms with Crippen molar-refractivity contribution in [1.29, 1.82) is 0 Å². The first-order chi connectivity index (χ1) is 7.04. The van der Waals surface area contributed by atoms with Crippen molar-refractivity contribution in [2.45, 2.75) is 26.2 Å². The molecule has 1 aromatic rings. The molecule has 0 spiro atoms. The molecular formula is C9H12N2O4. The van der Waals surface area contributed by atoms with Crippen LogP contribution in [0.3, 0.4) is 0 Å². The first-order valence-electron chi connectivity index (χ1n) is 4.60. The standard InChI is InChI=1S/C9H12N2O4/c1-2-6-5(3-4-7(12)13)8(14)11-9(15)10-6/h2-4H2,1H3,(H,12,13)(H2,10,11,14,15). The summed E-state index contributed by atoms with van der Waals surface area (Å²) in [5.74, 6) is -0.970. The van der Waals surface area contributed by atoms with Gasteiger partial charge in [0.2, 0.25) is 0 Å². The van der Waals surface area contributed by atoms with Gasteiger partial charge < -0.3 is 10.1 Å². The summed E-state index contributed by atoms with van der Waals surface area (Å²) >= 11 is 0. The fraction of sp³-hybridized carbons (Fsp3) is 0.444. The van der Waals surface area contributed by atoms with Gasteiger partial charge in [-0.05, 0) is 12.8 Å². The number of carbonyl (C=O) groups is 1. The fourth-order valence-electron chi connectivity index (χ4n) is 1.36. The Kier molecular flexibility index (Phi) is 3.43. The van der Waals surface area contributed by atoms with Crippen molar-refractivity contribution in [3.63, 3.8) is 0 Å². The van der Waals surface area contributed by atoms with E-state index in [1.807, 2.05) is 0 Å². The highest BCUT2D eigenvalue weighted by molar-refractivity contribution is 5.67. The summed E-state index contributed by atoms with van der Waals surface area (Å²) in [6, 6.07) is 0. The van der Waals surface area contributed by atoms with Crippen LogP contribution in [0.5, 0.6) is 0 Å². The molecule has 0 saturated heterocycles. The van der Waals surface area contributed by atoms with Crippen LogP contribution in [-0.2, 0) is 17.6 Å². The van der Waals surface area contributed by atoms with E-state index in [4.69, 9.17) is 5.11 Å². The number of rotatable bonds is 4. The Hall–Kier alpha value is -1.85. The molecule has 0 unspecified atom stereocenters. The number of nitrogens with one attached hydrogen (secondary N) is 2. The highest BCUT2D eigenvalue weighted by Crippen LogP contribution is 2.02. The lowest BCUT2D eigenvalue weighted by Crippen LogP contribution is -2.28. The lowest BCUT2D eigenvalue weighted by atomic mass is 10.1. The molecule has 1 aromatic heterocycles. The summed E-state index contributed by atoms with van der Waals surface area (Å²) in [5.41, 5.74) is -0.211. The Morgan fingerprint density at radius 3 is 2.53 bits per heavy atom. The SMILES string of the molecule is CCc1[nH]c(=O)[nH]c(=O)c1CCC(=O)O. The zero-order valence-electron chi connectivity index (χ0n) is 8.29. The highest BCUT2D eigenvalue weighted by atomic mass is 16.4. The van der Waals surface area contributed by atoms with Crippen molar-refractivity contribution in [1.82, 2.24) is 9.97 Å². The van der Waals surface area contributed by atoms with Gasteiger partial charge in [0, 0.05) is 17.7 Å². The maximum absolute atomic E-state index is 11.4. The molecule has 0 saturated carbocycles. The summed E-state index contributed by atoms with van der Waals surface area (Å²) < 4.78 is 0. The molecule has 0 bridgehead atoms. The third-order valence-corrected chi connectivity index (χ3v) is 2.07. The van der Waals surface area contributed by atoms with Gasteiger partial charge in [-0.2, -0.15) is 0 Å². The van der Waals surface area contributed by atoms with Gasteiger partial charge in [0.1, 0.15) is 0 Å². The van der Waals surface area contributed by atoms with Crippen molar-refractivity contribution in [2.75, 3.05) is 0 Å². The third-order valence-electron chi connectivity index (χ3n) is 2.07. The molecular weight excluding hydrogens is 200 g/mol. The second kappa shape index (κ2) is 4.59. The summed E-state index contributed by atoms with van der Waals surface area (Å²) in [5, 5.41) is 8.50. The summed E-state index contributed by atoms with van der Waals surface area (Å²) in [6.07, 6.45) is 0.501. The van der Waals surface area contributed by atoms with Crippen molar-refractivity contribution < 1.29 is 9.90 Å². The third kappa shape index (κ3) is 2.80. The molecule has 0 aromatic carbocycles. The molecule has 0 atom stereocenters. The highest BCUT2D eigenvalue weighted by Gasteiger charge is 2.09. The van der Waals surface area contributed by atoms with Crippen LogP contribution < -0.4 is 11.2 Å². The maximum atomic E-state index is 11.4. The number of aromatic nitrogens is 2. The van der Waals surface area contributed by atoms with Crippen LogP contribution in [0.2, 0.25) is 0 Å². The zero-order chi connectivity index (χ0) is 11.4. The van der Waals surface area contributed by atoms with Crippen LogP contribution >= 0.6 is 0 Å². The van der Waals surface area contributed by atoms with Crippen LogP contribution in [-0.4, -0.2) is 21.0 Å². The molecule has 6 heteroatoms. The second-order valence-electron chi connectivity index (χ2n) is 3.11. The molecule has 15 heavy (non-hydrogen) atoms. The molecule has 0 radical (unpaired) electrons. The van der Waals surface area contributed by atoms with E-state index < -0.39 is 17.2 Å². The number of carboxylic acid groups (broad SMARTS) is 1. The van der Waals surface area contributed by atoms with Crippen molar-refractivity contribution in [3.05, 3.63) is 32.1 Å². The summed E-state index contributed by atoms with van der Waals surface area (Å²) in [4.78, 5) is 37.2. The monoisotopic (exact) mass is 212 g/mol. The number of H-pyrrole nitrogens is 2. The van der Waals surface area contributed by atoms with E-state index in [1.165, 1.54) is 0 Å². The average molecular weight is 212 g/mol. The molecule has 0 aliphatic heterocycles. The molecule has 3 N–H and O–H groups in total. The predicted octanol–water partition coefficient (Wildman–Crippen LogP) is -0.357. The van der Waals surface area contributed by atoms with Gasteiger partial charge in [0.15, 0.2) is 0 Å². The smallest absolute Gasteiger partial charge is 0.325 e. The summed E-state index contributed by atoms with van der Waals surface area (Å²) in [7, 11) is 0. The van der Waals surface area contributed by atoms with Crippen LogP contribution in [0.4, 0.5) is 0 Å². The lowest BCUT2D eigenvalue weighted by molar-refractivity contribution is -0.136. The van der Waals surface area contributed by atoms with Gasteiger partial charge in [-0.1, -0.05) is 6.92 Å². The van der Waals surface area contributed by atoms with Gasteiger partial charge in [-0.15, -0.1) is 0 Å². The van der Waals surface area contributed by atoms with Gasteiger partial charge in [0.05, 0.1) is 0 Å². The quantitative estimate of drug-likeness (QED) is 0.634. The van der Waals surface area contributed by atoms with Crippen molar-refractivity contribution >= 4 is 5.97 Å². The number of carboxylic acids is 1. The van der Waals surface area contributed by atoms with Crippen LogP contribution in [0, 0.1) is 0 Å². The minimum absolute atomic E-state index is 0.123. The Morgan fingerprint density at radius 1 is 1.33 bits per heavy atom. The van der Waals surface area contributed by atoms with E-state index in [0.29, 0.717) is 17.7 Å². The van der Waals surface area contributed by atoms with Gasteiger partial charge in [-0.25, -0.2) is 4.79 Å². The van der Waals surface area contributed by atoms with E-state index in [0.717, 1.165) is 0 Å². The molecule has 0 fully saturated rings. The van der Waals surface area contributed by atoms with Crippen molar-refractivity contribution in [3.8, 4) is 0 Å². The topological polar surface area (TPSA) is 103 Å². The molecule has 0 amide bonds. The molecule has 0 aliphatic carbocycles. The second-order valence-corrected chi connectivity index (χ2v) is 3.11. The molecule has 82 valence electrons. The molecule has 6 nitrogen and oxygen atoms in total. The first kappa shape index (κ1) is 11.2. The van der Waals surface area contributed by atoms with E-state index >= 15 is 0 Å². The number of hydrogen-bond acceptors (Lipinski definition) is 3. The Labute approximate surface area is 85.0 Å². The largest absolute Gasteiger partial charge is 0.481 e. The zero-order valence-corrected chi connectivity index (χ0v) is 8.29. The number of aryl methyl sites for hydroxylation is 1. The maximum Gasteiger partial charge on any atom is 0.325 e. The Balaban J connectivity index is 3.10. The minimum Gasteiger partial charge on any atom is -0.481 e. The Morgan fingerprint density at radius 2 is 2.00 bits per heavy atom. The lowest BCUT2D eigenvalue weighted by Gasteiger charge is -2.03. The van der Waals surface area contributed by atoms with Gasteiger partial charge in [-0.3, -0.25) is 14.6 Å². The van der Waals surface area contributed by atoms with E-state index in [2.05, 4.69) is 9.97 Å². The average Bonchev–Trinajstić information content (AvgIpc) is 2.14. The van der Waals surface area contributed by atoms with Gasteiger partial charge in [0.25, 0.3) is 5.56 Å². The molecule has 1 heterocycles. The van der Waals surface area contributed by atoms with E-state index in [-0.39, 0.29) is 12.8 Å². The number of aromatic amines is 2. The fourth-order valence-corrected chi connectivity index (χ4v) is 1.36. The van der Waals surface area contributed by atoms with E-state index in [9.17, 15) is 14.4 Å². The Bertz CT molecular complexity index is 472. The minimum atomic E-state index is -0.970.